The molecule has 3 N–H and O–H groups in total. The number of aromatic carboxylic acids is 1. The number of aliphatic hydroxyl groups is 2. The van der Waals surface area contributed by atoms with E-state index in [4.69, 9.17) is 5.11 Å². The van der Waals surface area contributed by atoms with E-state index in [0.29, 0.717) is 5.75 Å². The van der Waals surface area contributed by atoms with Gasteiger partial charge in [-0.05, 0) is 12.5 Å². The lowest BCUT2D eigenvalue weighted by molar-refractivity contribution is -0.109. The van der Waals surface area contributed by atoms with Crippen LogP contribution in [0.3, 0.4) is 0 Å². The second kappa shape index (κ2) is 7.22. The third-order valence-corrected chi connectivity index (χ3v) is 3.28. The summed E-state index contributed by atoms with van der Waals surface area (Å²) in [6.45, 7) is 1.42. The summed E-state index contributed by atoms with van der Waals surface area (Å²) in [5.41, 5.74) is 0.182. The van der Waals surface area contributed by atoms with Crippen molar-refractivity contribution >= 4 is 22.8 Å². The van der Waals surface area contributed by atoms with Gasteiger partial charge >= 0.3 is 5.97 Å². The van der Waals surface area contributed by atoms with Crippen LogP contribution in [0.1, 0.15) is 35.4 Å². The van der Waals surface area contributed by atoms with Crippen molar-refractivity contribution in [3.63, 3.8) is 0 Å². The lowest BCUT2D eigenvalue weighted by atomic mass is 10.0. The fraction of sp³-hybridized carbons (Fsp3) is 0.417. The number of rotatable bonds is 6. The largest absolute Gasteiger partial charge is 0.478 e. The van der Waals surface area contributed by atoms with E-state index in [2.05, 4.69) is 4.98 Å². The van der Waals surface area contributed by atoms with Gasteiger partial charge in [-0.15, -0.1) is 0 Å². The Kier molecular flexibility index (Phi) is 5.94. The van der Waals surface area contributed by atoms with Gasteiger partial charge in [-0.2, -0.15) is 0 Å². The third kappa shape index (κ3) is 4.98. The van der Waals surface area contributed by atoms with Crippen LogP contribution in [0.2, 0.25) is 0 Å². The number of carboxylic acid groups (broad SMARTS) is 1. The summed E-state index contributed by atoms with van der Waals surface area (Å²) >= 11 is 1.06. The molecule has 0 bridgehead atoms. The number of hydrogen-bond donors (Lipinski definition) is 3. The molecule has 1 heterocycles. The van der Waals surface area contributed by atoms with Crippen LogP contribution in [0.4, 0.5) is 0 Å². The standard InChI is InChI=1S/C12H15NO5S/c1-7(14)19-3-2-10(15)11(16)8-4-9(12(17)18)6-13-5-8/h4-6,10-11,15-16H,2-3H2,1H3,(H,17,18). The second-order valence-electron chi connectivity index (χ2n) is 3.95. The minimum Gasteiger partial charge on any atom is -0.478 e. The number of carbonyl (C=O) groups excluding carboxylic acids is 1. The molecule has 2 atom stereocenters. The normalized spacial score (nSPS) is 13.8. The molecule has 6 nitrogen and oxygen atoms in total. The van der Waals surface area contributed by atoms with Gasteiger partial charge in [-0.1, -0.05) is 11.8 Å². The van der Waals surface area contributed by atoms with E-state index in [9.17, 15) is 19.8 Å². The molecule has 0 fully saturated rings. The van der Waals surface area contributed by atoms with Crippen molar-refractivity contribution in [2.45, 2.75) is 25.6 Å². The summed E-state index contributed by atoms with van der Waals surface area (Å²) in [6.07, 6.45) is 0.398. The first kappa shape index (κ1) is 15.6. The second-order valence-corrected chi connectivity index (χ2v) is 5.22. The number of carbonyl (C=O) groups is 2. The first-order valence-corrected chi connectivity index (χ1v) is 6.58. The van der Waals surface area contributed by atoms with Crippen LogP contribution in [0, 0.1) is 0 Å². The van der Waals surface area contributed by atoms with Gasteiger partial charge < -0.3 is 15.3 Å². The zero-order chi connectivity index (χ0) is 14.4. The molecule has 0 aliphatic heterocycles. The highest BCUT2D eigenvalue weighted by Gasteiger charge is 2.19. The molecule has 0 aliphatic carbocycles. The lowest BCUT2D eigenvalue weighted by Gasteiger charge is -2.17. The maximum atomic E-state index is 10.8. The van der Waals surface area contributed by atoms with Gasteiger partial charge in [0.25, 0.3) is 0 Å². The van der Waals surface area contributed by atoms with Crippen molar-refractivity contribution in [1.82, 2.24) is 4.98 Å². The number of thioether (sulfide) groups is 1. The van der Waals surface area contributed by atoms with Crippen LogP contribution in [-0.2, 0) is 4.79 Å². The molecule has 104 valence electrons. The van der Waals surface area contributed by atoms with Gasteiger partial charge in [0.15, 0.2) is 5.12 Å². The van der Waals surface area contributed by atoms with Gasteiger partial charge in [0.05, 0.1) is 11.7 Å². The van der Waals surface area contributed by atoms with Crippen molar-refractivity contribution in [1.29, 1.82) is 0 Å². The van der Waals surface area contributed by atoms with Gasteiger partial charge in [0, 0.05) is 30.6 Å². The minimum atomic E-state index is -1.22. The SMILES string of the molecule is CC(=O)SCCC(O)C(O)c1cncc(C(=O)O)c1. The molecule has 2 unspecified atom stereocenters. The molecule has 0 saturated heterocycles. The number of aliphatic hydroxyl groups excluding tert-OH is 2. The summed E-state index contributed by atoms with van der Waals surface area (Å²) < 4.78 is 0. The Morgan fingerprint density at radius 2 is 2.05 bits per heavy atom. The number of aromatic nitrogens is 1. The van der Waals surface area contributed by atoms with E-state index in [0.717, 1.165) is 18.0 Å². The van der Waals surface area contributed by atoms with Crippen molar-refractivity contribution in [2.75, 3.05) is 5.75 Å². The van der Waals surface area contributed by atoms with Crippen molar-refractivity contribution in [3.05, 3.63) is 29.6 Å². The molecule has 7 heteroatoms. The predicted molar refractivity (Wildman–Crippen MR) is 69.9 cm³/mol. The number of nitrogens with zero attached hydrogens (tertiary/aromatic N) is 1. The van der Waals surface area contributed by atoms with Crippen molar-refractivity contribution in [2.24, 2.45) is 0 Å². The molecule has 0 radical (unpaired) electrons. The van der Waals surface area contributed by atoms with Gasteiger partial charge in [-0.25, -0.2) is 4.79 Å². The highest BCUT2D eigenvalue weighted by atomic mass is 32.2. The summed E-state index contributed by atoms with van der Waals surface area (Å²) in [5, 5.41) is 28.4. The first-order valence-electron chi connectivity index (χ1n) is 5.59. The van der Waals surface area contributed by atoms with Gasteiger partial charge in [0.1, 0.15) is 6.10 Å². The third-order valence-electron chi connectivity index (χ3n) is 2.43. The molecule has 0 aromatic carbocycles. The summed E-state index contributed by atoms with van der Waals surface area (Å²) in [7, 11) is 0. The average molecular weight is 285 g/mol. The molecule has 0 amide bonds. The Morgan fingerprint density at radius 1 is 1.37 bits per heavy atom. The fourth-order valence-corrected chi connectivity index (χ4v) is 2.09. The van der Waals surface area contributed by atoms with Gasteiger partial charge in [-0.3, -0.25) is 9.78 Å². The molecule has 0 spiro atoms. The van der Waals surface area contributed by atoms with Crippen LogP contribution < -0.4 is 0 Å². The van der Waals surface area contributed by atoms with Gasteiger partial charge in [0.2, 0.25) is 0 Å². The van der Waals surface area contributed by atoms with Crippen LogP contribution in [0.15, 0.2) is 18.5 Å². The molecule has 19 heavy (non-hydrogen) atoms. The van der Waals surface area contributed by atoms with E-state index in [-0.39, 0.29) is 22.7 Å². The zero-order valence-corrected chi connectivity index (χ0v) is 11.1. The van der Waals surface area contributed by atoms with E-state index in [1.807, 2.05) is 0 Å². The Hall–Kier alpha value is -1.44. The lowest BCUT2D eigenvalue weighted by Crippen LogP contribution is -2.19. The Balaban J connectivity index is 2.65. The minimum absolute atomic E-state index is 0.0538. The Labute approximate surface area is 114 Å². The Bertz CT molecular complexity index is 465. The number of hydrogen-bond acceptors (Lipinski definition) is 6. The molecular weight excluding hydrogens is 270 g/mol. The monoisotopic (exact) mass is 285 g/mol. The Morgan fingerprint density at radius 3 is 2.63 bits per heavy atom. The topological polar surface area (TPSA) is 108 Å². The van der Waals surface area contributed by atoms with Crippen LogP contribution in [-0.4, -0.2) is 43.2 Å². The van der Waals surface area contributed by atoms with E-state index in [1.54, 1.807) is 0 Å². The highest BCUT2D eigenvalue weighted by molar-refractivity contribution is 8.13. The molecule has 0 saturated carbocycles. The smallest absolute Gasteiger partial charge is 0.337 e. The molecule has 1 aromatic rings. The summed E-state index contributed by atoms with van der Waals surface area (Å²) in [4.78, 5) is 25.2. The zero-order valence-electron chi connectivity index (χ0n) is 10.3. The predicted octanol–water partition coefficient (Wildman–Crippen LogP) is 0.844. The molecular formula is C12H15NO5S. The van der Waals surface area contributed by atoms with Crippen LogP contribution in [0.5, 0.6) is 0 Å². The van der Waals surface area contributed by atoms with E-state index < -0.39 is 18.2 Å². The van der Waals surface area contributed by atoms with E-state index in [1.165, 1.54) is 19.2 Å². The van der Waals surface area contributed by atoms with Crippen LogP contribution >= 0.6 is 11.8 Å². The first-order chi connectivity index (χ1) is 8.91. The molecule has 1 rings (SSSR count). The highest BCUT2D eigenvalue weighted by Crippen LogP contribution is 2.20. The molecule has 1 aromatic heterocycles. The quantitative estimate of drug-likeness (QED) is 0.711. The maximum Gasteiger partial charge on any atom is 0.337 e. The summed E-state index contributed by atoms with van der Waals surface area (Å²) in [6, 6.07) is 1.27. The fourth-order valence-electron chi connectivity index (χ4n) is 1.44. The maximum absolute atomic E-state index is 10.8. The number of carboxylic acids is 1. The summed E-state index contributed by atoms with van der Waals surface area (Å²) in [5.74, 6) is -0.761. The van der Waals surface area contributed by atoms with E-state index >= 15 is 0 Å². The number of pyridine rings is 1. The van der Waals surface area contributed by atoms with Crippen molar-refractivity contribution in [3.8, 4) is 0 Å². The van der Waals surface area contributed by atoms with Crippen LogP contribution in [0.25, 0.3) is 0 Å². The average Bonchev–Trinajstić information content (AvgIpc) is 2.37. The molecule has 0 aliphatic rings. The van der Waals surface area contributed by atoms with Crippen molar-refractivity contribution < 1.29 is 24.9 Å².